The van der Waals surface area contributed by atoms with Gasteiger partial charge in [0, 0.05) is 0 Å². The highest BCUT2D eigenvalue weighted by molar-refractivity contribution is 7.62. The maximum Gasteiger partial charge on any atom is 0.483 e. The zero-order valence-corrected chi connectivity index (χ0v) is 25.3. The van der Waals surface area contributed by atoms with Crippen LogP contribution >= 0.6 is 15.6 Å². The topological polar surface area (TPSA) is 80.3 Å². The smallest absolute Gasteiger partial charge is 0.287 e. The van der Waals surface area contributed by atoms with Gasteiger partial charge >= 0.3 is 15.6 Å². The summed E-state index contributed by atoms with van der Waals surface area (Å²) in [4.78, 5) is 0. The lowest BCUT2D eigenvalue weighted by Crippen LogP contribution is -2.09. The first-order valence-electron chi connectivity index (χ1n) is 12.6. The van der Waals surface area contributed by atoms with Crippen molar-refractivity contribution in [2.45, 2.75) is 94.9 Å². The average Bonchev–Trinajstić information content (AvgIpc) is 2.66. The quantitative estimate of drug-likeness (QED) is 0.155. The number of hydrogen-bond acceptors (Lipinski definition) is 7. The van der Waals surface area contributed by atoms with E-state index in [0.717, 1.165) is 0 Å². The summed E-state index contributed by atoms with van der Waals surface area (Å²) in [6.07, 6.45) is 4.53. The molecule has 0 bridgehead atoms. The molecule has 0 unspecified atom stereocenters. The summed E-state index contributed by atoms with van der Waals surface area (Å²) in [6, 6.07) is 0. The molecule has 0 saturated carbocycles. The van der Waals surface area contributed by atoms with Gasteiger partial charge in [0.15, 0.2) is 0 Å². The second kappa shape index (κ2) is 20.1. The second-order valence-corrected chi connectivity index (χ2v) is 13.8. The molecule has 0 fully saturated rings. The normalized spacial score (nSPS) is 12.7. The predicted octanol–water partition coefficient (Wildman–Crippen LogP) is 9.26. The van der Waals surface area contributed by atoms with Gasteiger partial charge in [-0.3, -0.25) is 18.1 Å². The lowest BCUT2D eigenvalue weighted by Gasteiger charge is -2.24. The van der Waals surface area contributed by atoms with Gasteiger partial charge in [-0.1, -0.05) is 75.3 Å². The van der Waals surface area contributed by atoms with Crippen LogP contribution in [-0.2, 0) is 31.5 Å². The molecule has 0 spiro atoms. The molecule has 0 atom stereocenters. The molecule has 0 amide bonds. The number of phosphoric ester groups is 2. The molecule has 0 rings (SSSR count). The average molecular weight is 528 g/mol. The van der Waals surface area contributed by atoms with Crippen molar-refractivity contribution in [3.63, 3.8) is 0 Å². The van der Waals surface area contributed by atoms with Crippen LogP contribution in [0.4, 0.5) is 0 Å². The first kappa shape index (κ1) is 36.2. The molecule has 0 aliphatic carbocycles. The van der Waals surface area contributed by atoms with Gasteiger partial charge < -0.3 is 0 Å². The molecule has 0 saturated heterocycles. The Balaban J connectivity index is 0. The molecule has 9 heteroatoms. The van der Waals surface area contributed by atoms with E-state index in [0.29, 0.717) is 49.4 Å². The first-order chi connectivity index (χ1) is 15.6. The lowest BCUT2D eigenvalue weighted by molar-refractivity contribution is 0.101. The van der Waals surface area contributed by atoms with E-state index in [4.69, 9.17) is 22.4 Å². The summed E-state index contributed by atoms with van der Waals surface area (Å²) in [5.74, 6) is 2.70. The number of hydrogen-bond donors (Lipinski definition) is 0. The third-order valence-electron chi connectivity index (χ3n) is 4.39. The van der Waals surface area contributed by atoms with E-state index in [9.17, 15) is 9.13 Å². The van der Waals surface area contributed by atoms with Gasteiger partial charge in [-0.25, -0.2) is 9.13 Å². The van der Waals surface area contributed by atoms with Gasteiger partial charge in [0.25, 0.3) is 0 Å². The monoisotopic (exact) mass is 527 g/mol. The fourth-order valence-electron chi connectivity index (χ4n) is 1.89. The molecule has 0 N–H and O–H groups in total. The highest BCUT2D eigenvalue weighted by Gasteiger charge is 2.40. The SMILES string of the molecule is C=C[C](C)C.CC(C)CCOP(=O)(OCCC(C)C)OP(=O)(OCCC(C)C)OCCC(C)C. The van der Waals surface area contributed by atoms with E-state index in [1.807, 2.05) is 75.3 Å². The molecule has 1 radical (unpaired) electrons. The van der Waals surface area contributed by atoms with Crippen LogP contribution in [0.15, 0.2) is 12.7 Å². The molecule has 0 heterocycles. The molecular weight excluding hydrogens is 474 g/mol. The van der Waals surface area contributed by atoms with Gasteiger partial charge in [0.05, 0.1) is 26.4 Å². The van der Waals surface area contributed by atoms with Crippen molar-refractivity contribution in [3.8, 4) is 0 Å². The number of rotatable bonds is 19. The van der Waals surface area contributed by atoms with Crippen LogP contribution in [0.1, 0.15) is 94.9 Å². The zero-order valence-electron chi connectivity index (χ0n) is 23.5. The molecule has 0 aliphatic rings. The second-order valence-electron chi connectivity index (χ2n) is 10.3. The highest BCUT2D eigenvalue weighted by atomic mass is 31.3. The van der Waals surface area contributed by atoms with Crippen LogP contribution in [0.5, 0.6) is 0 Å². The van der Waals surface area contributed by atoms with Crippen molar-refractivity contribution >= 4 is 15.6 Å². The molecule has 0 aromatic rings. The molecule has 0 aromatic carbocycles. The van der Waals surface area contributed by atoms with Gasteiger partial charge in [-0.05, 0) is 55.3 Å². The first-order valence-corrected chi connectivity index (χ1v) is 15.5. The third kappa shape index (κ3) is 23.7. The van der Waals surface area contributed by atoms with Gasteiger partial charge in [0.1, 0.15) is 0 Å². The Morgan fingerprint density at radius 2 is 0.824 bits per heavy atom. The largest absolute Gasteiger partial charge is 0.483 e. The predicted molar refractivity (Wildman–Crippen MR) is 143 cm³/mol. The van der Waals surface area contributed by atoms with Crippen molar-refractivity contribution in [2.24, 2.45) is 23.7 Å². The van der Waals surface area contributed by atoms with Crippen molar-refractivity contribution < 1.29 is 31.5 Å². The van der Waals surface area contributed by atoms with E-state index in [1.165, 1.54) is 5.92 Å². The van der Waals surface area contributed by atoms with E-state index < -0.39 is 15.6 Å². The zero-order chi connectivity index (χ0) is 26.8. The summed E-state index contributed by atoms with van der Waals surface area (Å²) in [5, 5.41) is 0. The Labute approximate surface area is 210 Å². The Bertz CT molecular complexity index is 510. The summed E-state index contributed by atoms with van der Waals surface area (Å²) < 4.78 is 53.6. The molecule has 0 aliphatic heterocycles. The van der Waals surface area contributed by atoms with Crippen LogP contribution in [0.25, 0.3) is 0 Å². The van der Waals surface area contributed by atoms with Crippen LogP contribution in [-0.4, -0.2) is 26.4 Å². The van der Waals surface area contributed by atoms with Crippen LogP contribution < -0.4 is 0 Å². The molecule has 205 valence electrons. The maximum atomic E-state index is 13.2. The molecule has 0 aromatic heterocycles. The molecular formula is C25H53O7P2. The maximum absolute atomic E-state index is 13.2. The number of allylic oxidation sites excluding steroid dienone is 1. The van der Waals surface area contributed by atoms with Crippen LogP contribution in [0, 0.1) is 29.6 Å². The summed E-state index contributed by atoms with van der Waals surface area (Å²) >= 11 is 0. The minimum absolute atomic E-state index is 0.175. The lowest BCUT2D eigenvalue weighted by atomic mass is 10.1. The van der Waals surface area contributed by atoms with E-state index >= 15 is 0 Å². The van der Waals surface area contributed by atoms with Crippen molar-refractivity contribution in [1.82, 2.24) is 0 Å². The Morgan fingerprint density at radius 3 is 0.971 bits per heavy atom. The number of phosphoric acid groups is 2. The van der Waals surface area contributed by atoms with E-state index in [1.54, 1.807) is 0 Å². The van der Waals surface area contributed by atoms with Gasteiger partial charge in [-0.15, -0.1) is 6.58 Å². The molecule has 34 heavy (non-hydrogen) atoms. The van der Waals surface area contributed by atoms with Crippen molar-refractivity contribution in [1.29, 1.82) is 0 Å². The Morgan fingerprint density at radius 1 is 0.618 bits per heavy atom. The summed E-state index contributed by atoms with van der Waals surface area (Å²) in [7, 11) is -8.19. The van der Waals surface area contributed by atoms with Crippen molar-refractivity contribution in [2.75, 3.05) is 26.4 Å². The summed E-state index contributed by atoms with van der Waals surface area (Å²) in [6.45, 7) is 24.5. The summed E-state index contributed by atoms with van der Waals surface area (Å²) in [5.41, 5.74) is 0. The fraction of sp³-hybridized carbons (Fsp3) is 0.880. The Kier molecular flexibility index (Phi) is 21.4. The fourth-order valence-corrected chi connectivity index (χ4v) is 5.09. The van der Waals surface area contributed by atoms with Crippen LogP contribution in [0.3, 0.4) is 0 Å². The van der Waals surface area contributed by atoms with E-state index in [-0.39, 0.29) is 26.4 Å². The van der Waals surface area contributed by atoms with Crippen LogP contribution in [0.2, 0.25) is 0 Å². The highest BCUT2D eigenvalue weighted by Crippen LogP contribution is 2.66. The molecule has 7 nitrogen and oxygen atoms in total. The minimum Gasteiger partial charge on any atom is -0.287 e. The van der Waals surface area contributed by atoms with E-state index in [2.05, 4.69) is 6.58 Å². The van der Waals surface area contributed by atoms with Crippen molar-refractivity contribution in [3.05, 3.63) is 18.6 Å². The van der Waals surface area contributed by atoms with Gasteiger partial charge in [-0.2, -0.15) is 4.31 Å². The standard InChI is InChI=1S/C20H44O7P2.C5H9/c1-17(2)9-13-23-28(21,24-14-10-18(3)4)27-29(22,25-15-11-19(5)6)26-16-12-20(7)8;1-4-5(2)3/h17-20H,9-16H2,1-8H3;4H,1H2,2-3H3. The minimum atomic E-state index is -4.09. The van der Waals surface area contributed by atoms with Gasteiger partial charge in [0.2, 0.25) is 0 Å². The Hall–Kier alpha value is -0.0000000000000000416. The third-order valence-corrected chi connectivity index (χ3v) is 7.98.